The van der Waals surface area contributed by atoms with Crippen LogP contribution in [0.5, 0.6) is 0 Å². The molecule has 0 aromatic carbocycles. The second-order valence-corrected chi connectivity index (χ2v) is 9.89. The Labute approximate surface area is 184 Å². The van der Waals surface area contributed by atoms with Crippen molar-refractivity contribution >= 4 is 17.9 Å². The monoisotopic (exact) mass is 430 g/mol. The molecule has 1 aromatic rings. The molecule has 1 saturated carbocycles. The highest BCUT2D eigenvalue weighted by molar-refractivity contribution is 5.93. The van der Waals surface area contributed by atoms with Crippen LogP contribution in [0.2, 0.25) is 0 Å². The maximum atomic E-state index is 13.2. The summed E-state index contributed by atoms with van der Waals surface area (Å²) in [6.07, 6.45) is 5.30. The minimum absolute atomic E-state index is 0.0260. The van der Waals surface area contributed by atoms with Gasteiger partial charge in [0.2, 0.25) is 5.91 Å². The van der Waals surface area contributed by atoms with Crippen molar-refractivity contribution in [1.82, 2.24) is 19.3 Å². The molecule has 2 saturated heterocycles. The fourth-order valence-electron chi connectivity index (χ4n) is 4.43. The molecule has 31 heavy (non-hydrogen) atoms. The normalized spacial score (nSPS) is 20.7. The van der Waals surface area contributed by atoms with E-state index in [1.807, 2.05) is 48.9 Å². The molecule has 8 nitrogen and oxygen atoms in total. The van der Waals surface area contributed by atoms with Gasteiger partial charge in [-0.15, -0.1) is 0 Å². The SMILES string of the molecule is CC(C)(C)OC(=O)N1CCC(n2cccc2C(=O)N2CCN(C(=O)C3CC3)CC2)CC1. The topological polar surface area (TPSA) is 75.1 Å². The third-order valence-electron chi connectivity index (χ3n) is 6.31. The second kappa shape index (κ2) is 8.55. The zero-order valence-corrected chi connectivity index (χ0v) is 18.9. The molecule has 3 fully saturated rings. The molecule has 3 aliphatic rings. The van der Waals surface area contributed by atoms with Crippen LogP contribution in [0, 0.1) is 5.92 Å². The van der Waals surface area contributed by atoms with Gasteiger partial charge in [0.05, 0.1) is 0 Å². The number of rotatable bonds is 3. The number of carbonyl (C=O) groups excluding carboxylic acids is 3. The predicted octanol–water partition coefficient (Wildman–Crippen LogP) is 2.75. The smallest absolute Gasteiger partial charge is 0.410 e. The van der Waals surface area contributed by atoms with Gasteiger partial charge in [0.1, 0.15) is 11.3 Å². The summed E-state index contributed by atoms with van der Waals surface area (Å²) in [6.45, 7) is 9.26. The maximum absolute atomic E-state index is 13.2. The standard InChI is InChI=1S/C23H34N4O4/c1-23(2,3)31-22(30)26-11-8-18(9-12-26)27-10-4-5-19(27)21(29)25-15-13-24(14-16-25)20(28)17-6-7-17/h4-5,10,17-18H,6-9,11-16H2,1-3H3. The number of nitrogens with zero attached hydrogens (tertiary/aromatic N) is 4. The van der Waals surface area contributed by atoms with Crippen molar-refractivity contribution in [3.8, 4) is 0 Å². The van der Waals surface area contributed by atoms with Crippen molar-refractivity contribution < 1.29 is 19.1 Å². The third kappa shape index (κ3) is 5.05. The molecule has 0 spiro atoms. The first-order chi connectivity index (χ1) is 14.7. The van der Waals surface area contributed by atoms with Gasteiger partial charge in [0.15, 0.2) is 0 Å². The minimum atomic E-state index is -0.499. The van der Waals surface area contributed by atoms with Crippen LogP contribution in [0.15, 0.2) is 18.3 Å². The predicted molar refractivity (Wildman–Crippen MR) is 116 cm³/mol. The average Bonchev–Trinajstić information content (AvgIpc) is 3.48. The molecule has 0 radical (unpaired) electrons. The van der Waals surface area contributed by atoms with Crippen LogP contribution in [0.3, 0.4) is 0 Å². The summed E-state index contributed by atoms with van der Waals surface area (Å²) in [5.41, 5.74) is 0.194. The van der Waals surface area contributed by atoms with Gasteiger partial charge in [0, 0.05) is 57.4 Å². The van der Waals surface area contributed by atoms with E-state index in [1.54, 1.807) is 4.90 Å². The van der Waals surface area contributed by atoms with Crippen LogP contribution in [0.1, 0.15) is 63.0 Å². The lowest BCUT2D eigenvalue weighted by Crippen LogP contribution is -2.51. The van der Waals surface area contributed by atoms with E-state index in [0.717, 1.165) is 25.7 Å². The zero-order valence-electron chi connectivity index (χ0n) is 18.9. The number of amides is 3. The highest BCUT2D eigenvalue weighted by Crippen LogP contribution is 2.31. The van der Waals surface area contributed by atoms with Crippen LogP contribution >= 0.6 is 0 Å². The van der Waals surface area contributed by atoms with E-state index in [4.69, 9.17) is 4.74 Å². The largest absolute Gasteiger partial charge is 0.444 e. The molecule has 0 N–H and O–H groups in total. The van der Waals surface area contributed by atoms with Crippen LogP contribution in [0.4, 0.5) is 4.79 Å². The minimum Gasteiger partial charge on any atom is -0.444 e. The maximum Gasteiger partial charge on any atom is 0.410 e. The first kappa shape index (κ1) is 21.7. The van der Waals surface area contributed by atoms with Crippen LogP contribution in [-0.2, 0) is 9.53 Å². The molecule has 3 heterocycles. The average molecular weight is 431 g/mol. The second-order valence-electron chi connectivity index (χ2n) is 9.89. The Balaban J connectivity index is 1.32. The summed E-state index contributed by atoms with van der Waals surface area (Å²) in [5, 5.41) is 0. The fraction of sp³-hybridized carbons (Fsp3) is 0.696. The molecule has 2 aliphatic heterocycles. The Morgan fingerprint density at radius 1 is 0.871 bits per heavy atom. The molecule has 8 heteroatoms. The van der Waals surface area contributed by atoms with Gasteiger partial charge >= 0.3 is 6.09 Å². The molecular weight excluding hydrogens is 396 g/mol. The molecule has 170 valence electrons. The van der Waals surface area contributed by atoms with E-state index in [2.05, 4.69) is 4.57 Å². The highest BCUT2D eigenvalue weighted by atomic mass is 16.6. The Morgan fingerprint density at radius 2 is 1.48 bits per heavy atom. The number of piperidine rings is 1. The third-order valence-corrected chi connectivity index (χ3v) is 6.31. The lowest BCUT2D eigenvalue weighted by Gasteiger charge is -2.36. The lowest BCUT2D eigenvalue weighted by molar-refractivity contribution is -0.134. The van der Waals surface area contributed by atoms with Crippen LogP contribution in [0.25, 0.3) is 0 Å². The van der Waals surface area contributed by atoms with Crippen molar-refractivity contribution in [2.45, 2.75) is 58.1 Å². The van der Waals surface area contributed by atoms with Gasteiger partial charge in [0.25, 0.3) is 5.91 Å². The van der Waals surface area contributed by atoms with E-state index in [1.165, 1.54) is 0 Å². The summed E-state index contributed by atoms with van der Waals surface area (Å²) >= 11 is 0. The van der Waals surface area contributed by atoms with Gasteiger partial charge < -0.3 is 24.0 Å². The first-order valence-electron chi connectivity index (χ1n) is 11.5. The summed E-state index contributed by atoms with van der Waals surface area (Å²) in [4.78, 5) is 43.3. The molecule has 1 aliphatic carbocycles. The van der Waals surface area contributed by atoms with Crippen molar-refractivity contribution in [2.24, 2.45) is 5.92 Å². The number of hydrogen-bond donors (Lipinski definition) is 0. The Morgan fingerprint density at radius 3 is 2.06 bits per heavy atom. The molecule has 3 amide bonds. The van der Waals surface area contributed by atoms with Gasteiger partial charge in [-0.3, -0.25) is 9.59 Å². The summed E-state index contributed by atoms with van der Waals surface area (Å²) in [6, 6.07) is 3.98. The van der Waals surface area contributed by atoms with E-state index in [-0.39, 0.29) is 29.9 Å². The van der Waals surface area contributed by atoms with Gasteiger partial charge in [-0.25, -0.2) is 4.79 Å². The van der Waals surface area contributed by atoms with Crippen molar-refractivity contribution in [3.05, 3.63) is 24.0 Å². The number of hydrogen-bond acceptors (Lipinski definition) is 4. The van der Waals surface area contributed by atoms with Gasteiger partial charge in [-0.2, -0.15) is 0 Å². The molecule has 1 aromatic heterocycles. The summed E-state index contributed by atoms with van der Waals surface area (Å²) in [5.74, 6) is 0.511. The van der Waals surface area contributed by atoms with Crippen molar-refractivity contribution in [2.75, 3.05) is 39.3 Å². The van der Waals surface area contributed by atoms with E-state index < -0.39 is 5.60 Å². The Hall–Kier alpha value is -2.51. The van der Waals surface area contributed by atoms with Crippen molar-refractivity contribution in [3.63, 3.8) is 0 Å². The van der Waals surface area contributed by atoms with Crippen molar-refractivity contribution in [1.29, 1.82) is 0 Å². The first-order valence-corrected chi connectivity index (χ1v) is 11.5. The lowest BCUT2D eigenvalue weighted by atomic mass is 10.0. The van der Waals surface area contributed by atoms with Crippen LogP contribution < -0.4 is 0 Å². The summed E-state index contributed by atoms with van der Waals surface area (Å²) < 4.78 is 7.55. The van der Waals surface area contributed by atoms with E-state index >= 15 is 0 Å². The fourth-order valence-corrected chi connectivity index (χ4v) is 4.43. The molecule has 0 bridgehead atoms. The quantitative estimate of drug-likeness (QED) is 0.739. The van der Waals surface area contributed by atoms with E-state index in [0.29, 0.717) is 45.0 Å². The van der Waals surface area contributed by atoms with Gasteiger partial charge in [-0.05, 0) is 58.6 Å². The van der Waals surface area contributed by atoms with Gasteiger partial charge in [-0.1, -0.05) is 0 Å². The molecule has 0 unspecified atom stereocenters. The Kier molecular flexibility index (Phi) is 5.99. The number of carbonyl (C=O) groups is 3. The highest BCUT2D eigenvalue weighted by Gasteiger charge is 2.36. The van der Waals surface area contributed by atoms with Crippen LogP contribution in [-0.4, -0.2) is 82.0 Å². The number of likely N-dealkylation sites (tertiary alicyclic amines) is 1. The number of aromatic nitrogens is 1. The molecule has 0 atom stereocenters. The number of ether oxygens (including phenoxy) is 1. The Bertz CT molecular complexity index is 823. The number of piperazine rings is 1. The summed E-state index contributed by atoms with van der Waals surface area (Å²) in [7, 11) is 0. The molecular formula is C23H34N4O4. The van der Waals surface area contributed by atoms with E-state index in [9.17, 15) is 14.4 Å². The zero-order chi connectivity index (χ0) is 22.2. The molecule has 4 rings (SSSR count).